The van der Waals surface area contributed by atoms with Crippen LogP contribution in [0.4, 0.5) is 8.78 Å². The largest absolute Gasteiger partial charge is 0.379 e. The molecule has 6 nitrogen and oxygen atoms in total. The van der Waals surface area contributed by atoms with Crippen LogP contribution in [0.3, 0.4) is 0 Å². The van der Waals surface area contributed by atoms with Gasteiger partial charge in [0.1, 0.15) is 11.6 Å². The molecule has 0 aromatic heterocycles. The molecule has 2 amide bonds. The van der Waals surface area contributed by atoms with Gasteiger partial charge in [-0.25, -0.2) is 8.78 Å². The van der Waals surface area contributed by atoms with Gasteiger partial charge in [0.15, 0.2) is 0 Å². The molecule has 1 aliphatic carbocycles. The Morgan fingerprint density at radius 3 is 2.39 bits per heavy atom. The Bertz CT molecular complexity index is 1020. The van der Waals surface area contributed by atoms with Crippen LogP contribution in [-0.2, 0) is 27.3 Å². The van der Waals surface area contributed by atoms with E-state index in [1.54, 1.807) is 0 Å². The summed E-state index contributed by atoms with van der Waals surface area (Å²) in [6.45, 7) is 3.25. The van der Waals surface area contributed by atoms with Gasteiger partial charge >= 0.3 is 0 Å². The molecular weight excluding hydrogens is 464 g/mol. The maximum atomic E-state index is 13.7. The van der Waals surface area contributed by atoms with Gasteiger partial charge in [-0.1, -0.05) is 30.3 Å². The molecule has 2 aliphatic rings. The molecule has 1 saturated heterocycles. The molecule has 2 fully saturated rings. The van der Waals surface area contributed by atoms with Gasteiger partial charge in [-0.15, -0.1) is 0 Å². The SMILES string of the molecule is O=C(CCC(=O)NC1CCC(Cc2ccccc2)(N2CCOCC2)CC1)NCc1cc(F)ccc1F. The molecule has 4 rings (SSSR count). The van der Waals surface area contributed by atoms with E-state index in [1.165, 1.54) is 5.56 Å². The van der Waals surface area contributed by atoms with E-state index in [0.29, 0.717) is 0 Å². The summed E-state index contributed by atoms with van der Waals surface area (Å²) in [4.78, 5) is 27.2. The number of carbonyl (C=O) groups is 2. The Balaban J connectivity index is 1.24. The van der Waals surface area contributed by atoms with E-state index in [-0.39, 0.29) is 48.3 Å². The van der Waals surface area contributed by atoms with Crippen LogP contribution in [0.25, 0.3) is 0 Å². The minimum Gasteiger partial charge on any atom is -0.379 e. The summed E-state index contributed by atoms with van der Waals surface area (Å²) < 4.78 is 32.6. The zero-order valence-corrected chi connectivity index (χ0v) is 20.6. The predicted molar refractivity (Wildman–Crippen MR) is 133 cm³/mol. The fraction of sp³-hybridized carbons (Fsp3) is 0.500. The molecule has 0 unspecified atom stereocenters. The number of carbonyl (C=O) groups excluding carboxylic acids is 2. The Hall–Kier alpha value is -2.84. The quantitative estimate of drug-likeness (QED) is 0.552. The lowest BCUT2D eigenvalue weighted by molar-refractivity contribution is -0.127. The van der Waals surface area contributed by atoms with Crippen molar-refractivity contribution >= 4 is 11.8 Å². The van der Waals surface area contributed by atoms with Crippen LogP contribution in [-0.4, -0.2) is 54.6 Å². The molecule has 1 aliphatic heterocycles. The number of amides is 2. The molecule has 194 valence electrons. The first kappa shape index (κ1) is 26.2. The first-order chi connectivity index (χ1) is 17.4. The summed E-state index contributed by atoms with van der Waals surface area (Å²) in [7, 11) is 0. The second-order valence-corrected chi connectivity index (χ2v) is 9.84. The summed E-state index contributed by atoms with van der Waals surface area (Å²) in [5.41, 5.74) is 1.48. The standard InChI is InChI=1S/C28H35F2N3O3/c29-23-6-7-25(30)22(18-23)20-31-26(34)8-9-27(35)32-24-10-12-28(13-11-24,33-14-16-36-17-15-33)19-21-4-2-1-3-5-21/h1-7,18,24H,8-17,19-20H2,(H,31,34)(H,32,35). The predicted octanol–water partition coefficient (Wildman–Crippen LogP) is 3.73. The van der Waals surface area contributed by atoms with E-state index in [2.05, 4.69) is 39.8 Å². The van der Waals surface area contributed by atoms with Crippen LogP contribution in [0.1, 0.15) is 49.7 Å². The fourth-order valence-electron chi connectivity index (χ4n) is 5.41. The van der Waals surface area contributed by atoms with Crippen LogP contribution in [0.15, 0.2) is 48.5 Å². The zero-order chi connectivity index (χ0) is 25.4. The van der Waals surface area contributed by atoms with Crippen molar-refractivity contribution in [3.05, 3.63) is 71.3 Å². The maximum absolute atomic E-state index is 13.7. The van der Waals surface area contributed by atoms with E-state index < -0.39 is 11.6 Å². The Morgan fingerprint density at radius 1 is 0.972 bits per heavy atom. The van der Waals surface area contributed by atoms with Crippen molar-refractivity contribution in [2.45, 2.75) is 63.1 Å². The second kappa shape index (κ2) is 12.4. The first-order valence-corrected chi connectivity index (χ1v) is 12.8. The molecule has 2 aromatic carbocycles. The highest BCUT2D eigenvalue weighted by atomic mass is 19.1. The lowest BCUT2D eigenvalue weighted by Crippen LogP contribution is -2.58. The van der Waals surface area contributed by atoms with Crippen molar-refractivity contribution < 1.29 is 23.1 Å². The lowest BCUT2D eigenvalue weighted by atomic mass is 9.74. The highest BCUT2D eigenvalue weighted by Gasteiger charge is 2.41. The monoisotopic (exact) mass is 499 g/mol. The number of morpholine rings is 1. The minimum atomic E-state index is -0.577. The summed E-state index contributed by atoms with van der Waals surface area (Å²) in [5, 5.41) is 5.65. The topological polar surface area (TPSA) is 70.7 Å². The smallest absolute Gasteiger partial charge is 0.220 e. The van der Waals surface area contributed by atoms with Gasteiger partial charge in [-0.05, 0) is 55.9 Å². The Labute approximate surface area is 211 Å². The van der Waals surface area contributed by atoms with Crippen molar-refractivity contribution in [1.82, 2.24) is 15.5 Å². The summed E-state index contributed by atoms with van der Waals surface area (Å²) in [6, 6.07) is 13.8. The summed E-state index contributed by atoms with van der Waals surface area (Å²) in [6.07, 6.45) is 4.81. The van der Waals surface area contributed by atoms with E-state index >= 15 is 0 Å². The number of nitrogens with zero attached hydrogens (tertiary/aromatic N) is 1. The second-order valence-electron chi connectivity index (χ2n) is 9.84. The number of halogens is 2. The van der Waals surface area contributed by atoms with Gasteiger partial charge in [0.2, 0.25) is 11.8 Å². The van der Waals surface area contributed by atoms with Crippen molar-refractivity contribution in [2.75, 3.05) is 26.3 Å². The van der Waals surface area contributed by atoms with Crippen molar-refractivity contribution in [3.63, 3.8) is 0 Å². The van der Waals surface area contributed by atoms with E-state index in [4.69, 9.17) is 4.74 Å². The Morgan fingerprint density at radius 2 is 1.67 bits per heavy atom. The third-order valence-electron chi connectivity index (χ3n) is 7.40. The molecule has 8 heteroatoms. The molecule has 0 spiro atoms. The van der Waals surface area contributed by atoms with Crippen LogP contribution >= 0.6 is 0 Å². The normalized spacial score (nSPS) is 22.7. The van der Waals surface area contributed by atoms with Gasteiger partial charge in [-0.2, -0.15) is 0 Å². The van der Waals surface area contributed by atoms with Gasteiger partial charge in [0, 0.05) is 49.6 Å². The molecule has 0 atom stereocenters. The number of hydrogen-bond acceptors (Lipinski definition) is 4. The molecular formula is C28H35F2N3O3. The molecule has 1 heterocycles. The Kier molecular flexibility index (Phi) is 9.04. The number of rotatable bonds is 9. The number of ether oxygens (including phenoxy) is 1. The molecule has 2 N–H and O–H groups in total. The average molecular weight is 500 g/mol. The first-order valence-electron chi connectivity index (χ1n) is 12.8. The molecule has 36 heavy (non-hydrogen) atoms. The van der Waals surface area contributed by atoms with Gasteiger partial charge in [0.05, 0.1) is 13.2 Å². The highest BCUT2D eigenvalue weighted by molar-refractivity contribution is 5.83. The van der Waals surface area contributed by atoms with Crippen molar-refractivity contribution in [2.24, 2.45) is 0 Å². The number of hydrogen-bond donors (Lipinski definition) is 2. The van der Waals surface area contributed by atoms with Crippen molar-refractivity contribution in [3.8, 4) is 0 Å². The average Bonchev–Trinajstić information content (AvgIpc) is 2.90. The van der Waals surface area contributed by atoms with Crippen LogP contribution in [0.2, 0.25) is 0 Å². The number of benzene rings is 2. The van der Waals surface area contributed by atoms with Crippen molar-refractivity contribution in [1.29, 1.82) is 0 Å². The van der Waals surface area contributed by atoms with E-state index in [0.717, 1.165) is 76.6 Å². The summed E-state index contributed by atoms with van der Waals surface area (Å²) in [5.74, 6) is -1.67. The van der Waals surface area contributed by atoms with E-state index in [1.807, 2.05) is 6.07 Å². The third-order valence-corrected chi connectivity index (χ3v) is 7.40. The zero-order valence-electron chi connectivity index (χ0n) is 20.6. The lowest BCUT2D eigenvalue weighted by Gasteiger charge is -2.50. The van der Waals surface area contributed by atoms with Gasteiger partial charge < -0.3 is 15.4 Å². The van der Waals surface area contributed by atoms with Crippen LogP contribution in [0.5, 0.6) is 0 Å². The molecule has 1 saturated carbocycles. The van der Waals surface area contributed by atoms with Gasteiger partial charge in [-0.3, -0.25) is 14.5 Å². The summed E-state index contributed by atoms with van der Waals surface area (Å²) >= 11 is 0. The highest BCUT2D eigenvalue weighted by Crippen LogP contribution is 2.37. The maximum Gasteiger partial charge on any atom is 0.220 e. The van der Waals surface area contributed by atoms with Crippen LogP contribution in [0, 0.1) is 11.6 Å². The third kappa shape index (κ3) is 7.11. The fourth-order valence-corrected chi connectivity index (χ4v) is 5.41. The minimum absolute atomic E-state index is 0.00120. The van der Waals surface area contributed by atoms with Crippen LogP contribution < -0.4 is 10.6 Å². The molecule has 0 bridgehead atoms. The molecule has 2 aromatic rings. The van der Waals surface area contributed by atoms with E-state index in [9.17, 15) is 18.4 Å². The number of nitrogens with one attached hydrogen (secondary N) is 2. The van der Waals surface area contributed by atoms with Gasteiger partial charge in [0.25, 0.3) is 0 Å². The molecule has 0 radical (unpaired) electrons.